The van der Waals surface area contributed by atoms with E-state index >= 15 is 0 Å². The number of nitrogens with zero attached hydrogens (tertiary/aromatic N) is 1. The van der Waals surface area contributed by atoms with Gasteiger partial charge in [0, 0.05) is 36.5 Å². The third-order valence-corrected chi connectivity index (χ3v) is 6.61. The SMILES string of the molecule is CCc1ccc(CNC(=O)C(C)C2CCN(C(=O)c3cc4ccccc4[nH]3)CC2)cc1. The number of para-hydroxylation sites is 1. The molecule has 1 aliphatic heterocycles. The lowest BCUT2D eigenvalue weighted by atomic mass is 9.84. The summed E-state index contributed by atoms with van der Waals surface area (Å²) >= 11 is 0. The Kier molecular flexibility index (Phi) is 6.40. The van der Waals surface area contributed by atoms with Crippen molar-refractivity contribution >= 4 is 22.7 Å². The van der Waals surface area contributed by atoms with Crippen LogP contribution in [0.15, 0.2) is 54.6 Å². The first-order valence-corrected chi connectivity index (χ1v) is 11.3. The number of aromatic amines is 1. The minimum absolute atomic E-state index is 0.0438. The average Bonchev–Trinajstić information content (AvgIpc) is 3.26. The zero-order valence-corrected chi connectivity index (χ0v) is 18.4. The average molecular weight is 418 g/mol. The lowest BCUT2D eigenvalue weighted by molar-refractivity contribution is -0.126. The van der Waals surface area contributed by atoms with Crippen LogP contribution < -0.4 is 5.32 Å². The molecule has 0 radical (unpaired) electrons. The van der Waals surface area contributed by atoms with Crippen molar-refractivity contribution in [1.29, 1.82) is 0 Å². The molecule has 1 atom stereocenters. The molecule has 2 aromatic carbocycles. The summed E-state index contributed by atoms with van der Waals surface area (Å²) in [7, 11) is 0. The van der Waals surface area contributed by atoms with E-state index in [4.69, 9.17) is 0 Å². The molecule has 2 N–H and O–H groups in total. The molecule has 0 aliphatic carbocycles. The summed E-state index contributed by atoms with van der Waals surface area (Å²) in [6, 6.07) is 18.2. The van der Waals surface area contributed by atoms with Crippen LogP contribution >= 0.6 is 0 Å². The van der Waals surface area contributed by atoms with Crippen LogP contribution in [0.5, 0.6) is 0 Å². The van der Waals surface area contributed by atoms with Gasteiger partial charge in [0.2, 0.25) is 5.91 Å². The van der Waals surface area contributed by atoms with E-state index in [2.05, 4.69) is 41.5 Å². The number of hydrogen-bond donors (Lipinski definition) is 2. The second-order valence-electron chi connectivity index (χ2n) is 8.58. The van der Waals surface area contributed by atoms with Gasteiger partial charge in [0.25, 0.3) is 5.91 Å². The normalized spacial score (nSPS) is 15.7. The molecule has 1 aliphatic rings. The maximum Gasteiger partial charge on any atom is 0.270 e. The van der Waals surface area contributed by atoms with Gasteiger partial charge in [-0.1, -0.05) is 56.3 Å². The first kappa shape index (κ1) is 21.2. The Morgan fingerprint density at radius 1 is 1.06 bits per heavy atom. The Labute approximate surface area is 183 Å². The molecule has 0 saturated carbocycles. The molecule has 4 rings (SSSR count). The van der Waals surface area contributed by atoms with Gasteiger partial charge in [-0.2, -0.15) is 0 Å². The fraction of sp³-hybridized carbons (Fsp3) is 0.385. The number of nitrogens with one attached hydrogen (secondary N) is 2. The Morgan fingerprint density at radius 3 is 2.42 bits per heavy atom. The summed E-state index contributed by atoms with van der Waals surface area (Å²) in [6.07, 6.45) is 2.72. The minimum atomic E-state index is -0.0553. The van der Waals surface area contributed by atoms with E-state index in [9.17, 15) is 9.59 Å². The van der Waals surface area contributed by atoms with E-state index in [1.807, 2.05) is 42.2 Å². The summed E-state index contributed by atoms with van der Waals surface area (Å²) in [5.41, 5.74) is 4.04. The third-order valence-electron chi connectivity index (χ3n) is 6.61. The number of piperidine rings is 1. The van der Waals surface area contributed by atoms with Gasteiger partial charge >= 0.3 is 0 Å². The molecule has 1 fully saturated rings. The van der Waals surface area contributed by atoms with E-state index in [1.165, 1.54) is 5.56 Å². The second kappa shape index (κ2) is 9.38. The first-order chi connectivity index (χ1) is 15.0. The molecule has 5 nitrogen and oxygen atoms in total. The van der Waals surface area contributed by atoms with E-state index in [0.29, 0.717) is 31.2 Å². The van der Waals surface area contributed by atoms with Crippen LogP contribution in [0.2, 0.25) is 0 Å². The highest BCUT2D eigenvalue weighted by Gasteiger charge is 2.30. The van der Waals surface area contributed by atoms with Crippen molar-refractivity contribution in [1.82, 2.24) is 15.2 Å². The van der Waals surface area contributed by atoms with Gasteiger partial charge in [-0.25, -0.2) is 0 Å². The summed E-state index contributed by atoms with van der Waals surface area (Å²) in [5, 5.41) is 4.14. The maximum atomic E-state index is 12.9. The minimum Gasteiger partial charge on any atom is -0.352 e. The molecular weight excluding hydrogens is 386 g/mol. The number of likely N-dealkylation sites (tertiary alicyclic amines) is 1. The number of carbonyl (C=O) groups is 2. The molecule has 2 heterocycles. The van der Waals surface area contributed by atoms with Crippen LogP contribution in [0.1, 0.15) is 48.3 Å². The number of aromatic nitrogens is 1. The number of hydrogen-bond acceptors (Lipinski definition) is 2. The van der Waals surface area contributed by atoms with Crippen LogP contribution in [0.4, 0.5) is 0 Å². The van der Waals surface area contributed by atoms with Crippen molar-refractivity contribution < 1.29 is 9.59 Å². The van der Waals surface area contributed by atoms with E-state index in [1.54, 1.807) is 0 Å². The van der Waals surface area contributed by atoms with Crippen molar-refractivity contribution in [3.63, 3.8) is 0 Å². The van der Waals surface area contributed by atoms with Gasteiger partial charge in [0.05, 0.1) is 0 Å². The van der Waals surface area contributed by atoms with Gasteiger partial charge < -0.3 is 15.2 Å². The Bertz CT molecular complexity index is 1010. The Morgan fingerprint density at radius 2 is 1.74 bits per heavy atom. The first-order valence-electron chi connectivity index (χ1n) is 11.3. The molecule has 1 saturated heterocycles. The molecule has 162 valence electrons. The largest absolute Gasteiger partial charge is 0.352 e. The summed E-state index contributed by atoms with van der Waals surface area (Å²) in [6.45, 7) is 6.09. The quantitative estimate of drug-likeness (QED) is 0.619. The molecule has 31 heavy (non-hydrogen) atoms. The van der Waals surface area contributed by atoms with Crippen LogP contribution in [0, 0.1) is 11.8 Å². The van der Waals surface area contributed by atoms with Gasteiger partial charge in [0.15, 0.2) is 0 Å². The Balaban J connectivity index is 1.28. The summed E-state index contributed by atoms with van der Waals surface area (Å²) in [5.74, 6) is 0.386. The standard InChI is InChI=1S/C26H31N3O2/c1-3-19-8-10-20(11-9-19)17-27-25(30)18(2)21-12-14-29(15-13-21)26(31)24-16-22-6-4-5-7-23(22)28-24/h4-11,16,18,21,28H,3,12-15,17H2,1-2H3,(H,27,30). The molecular formula is C26H31N3O2. The van der Waals surface area contributed by atoms with Crippen LogP contribution in [-0.2, 0) is 17.8 Å². The van der Waals surface area contributed by atoms with Crippen molar-refractivity contribution in [2.75, 3.05) is 13.1 Å². The topological polar surface area (TPSA) is 65.2 Å². The van der Waals surface area contributed by atoms with Crippen molar-refractivity contribution in [3.05, 3.63) is 71.4 Å². The van der Waals surface area contributed by atoms with E-state index in [0.717, 1.165) is 35.7 Å². The Hall–Kier alpha value is -3.08. The molecule has 1 aromatic heterocycles. The van der Waals surface area contributed by atoms with Gasteiger partial charge in [-0.05, 0) is 48.4 Å². The number of aryl methyl sites for hydroxylation is 1. The van der Waals surface area contributed by atoms with Crippen molar-refractivity contribution in [2.45, 2.75) is 39.7 Å². The lowest BCUT2D eigenvalue weighted by Crippen LogP contribution is -2.42. The predicted molar refractivity (Wildman–Crippen MR) is 124 cm³/mol. The zero-order valence-electron chi connectivity index (χ0n) is 18.4. The van der Waals surface area contributed by atoms with Crippen LogP contribution in [0.25, 0.3) is 10.9 Å². The number of rotatable bonds is 6. The summed E-state index contributed by atoms with van der Waals surface area (Å²) < 4.78 is 0. The van der Waals surface area contributed by atoms with Gasteiger partial charge in [0.1, 0.15) is 5.69 Å². The molecule has 5 heteroatoms. The third kappa shape index (κ3) is 4.82. The maximum absolute atomic E-state index is 12.9. The zero-order chi connectivity index (χ0) is 21.8. The number of H-pyrrole nitrogens is 1. The predicted octanol–water partition coefficient (Wildman–Crippen LogP) is 4.54. The van der Waals surface area contributed by atoms with Gasteiger partial charge in [-0.3, -0.25) is 9.59 Å². The van der Waals surface area contributed by atoms with Crippen molar-refractivity contribution in [2.24, 2.45) is 11.8 Å². The van der Waals surface area contributed by atoms with E-state index in [-0.39, 0.29) is 17.7 Å². The second-order valence-corrected chi connectivity index (χ2v) is 8.58. The number of fused-ring (bicyclic) bond motifs is 1. The number of benzene rings is 2. The number of carbonyl (C=O) groups excluding carboxylic acids is 2. The molecule has 0 spiro atoms. The van der Waals surface area contributed by atoms with Crippen LogP contribution in [-0.4, -0.2) is 34.8 Å². The van der Waals surface area contributed by atoms with Crippen molar-refractivity contribution in [3.8, 4) is 0 Å². The smallest absolute Gasteiger partial charge is 0.270 e. The highest BCUT2D eigenvalue weighted by atomic mass is 16.2. The highest BCUT2D eigenvalue weighted by molar-refractivity contribution is 5.98. The molecule has 0 bridgehead atoms. The lowest BCUT2D eigenvalue weighted by Gasteiger charge is -2.34. The molecule has 2 amide bonds. The van der Waals surface area contributed by atoms with Gasteiger partial charge in [-0.15, -0.1) is 0 Å². The fourth-order valence-corrected chi connectivity index (χ4v) is 4.42. The highest BCUT2D eigenvalue weighted by Crippen LogP contribution is 2.26. The van der Waals surface area contributed by atoms with E-state index < -0.39 is 0 Å². The monoisotopic (exact) mass is 417 g/mol. The fourth-order valence-electron chi connectivity index (χ4n) is 4.42. The summed E-state index contributed by atoms with van der Waals surface area (Å²) in [4.78, 5) is 30.7. The molecule has 3 aromatic rings. The van der Waals surface area contributed by atoms with Crippen LogP contribution in [0.3, 0.4) is 0 Å². The molecule has 1 unspecified atom stereocenters. The number of amides is 2.